The third-order valence-corrected chi connectivity index (χ3v) is 3.52. The summed E-state index contributed by atoms with van der Waals surface area (Å²) in [5, 5.41) is 3.17. The summed E-state index contributed by atoms with van der Waals surface area (Å²) >= 11 is 5.76. The largest absolute Gasteiger partial charge is 0.484 e. The van der Waals surface area contributed by atoms with Crippen molar-refractivity contribution >= 4 is 38.9 Å². The number of carbonyl (C=O) groups excluding carboxylic acids is 1. The van der Waals surface area contributed by atoms with Gasteiger partial charge in [-0.1, -0.05) is 23.7 Å². The minimum absolute atomic E-state index is 0.213. The van der Waals surface area contributed by atoms with Crippen LogP contribution in [0.15, 0.2) is 48.5 Å². The molecule has 122 valence electrons. The van der Waals surface area contributed by atoms with E-state index in [4.69, 9.17) is 16.3 Å². The van der Waals surface area contributed by atoms with E-state index in [2.05, 4.69) is 10.0 Å². The number of amides is 1. The van der Waals surface area contributed by atoms with E-state index in [1.165, 1.54) is 0 Å². The third kappa shape index (κ3) is 5.80. The van der Waals surface area contributed by atoms with E-state index in [1.54, 1.807) is 48.5 Å². The number of ether oxygens (including phenoxy) is 1. The average molecular weight is 355 g/mol. The molecule has 0 unspecified atom stereocenters. The number of sulfonamides is 1. The first-order chi connectivity index (χ1) is 10.8. The normalized spacial score (nSPS) is 10.9. The Labute approximate surface area is 139 Å². The topological polar surface area (TPSA) is 84.5 Å². The molecule has 0 aliphatic rings. The molecule has 0 saturated heterocycles. The summed E-state index contributed by atoms with van der Waals surface area (Å²) in [5.41, 5.74) is 0.637. The zero-order chi connectivity index (χ0) is 16.9. The summed E-state index contributed by atoms with van der Waals surface area (Å²) in [6, 6.07) is 13.1. The molecular weight excluding hydrogens is 340 g/mol. The zero-order valence-corrected chi connectivity index (χ0v) is 13.8. The Morgan fingerprint density at radius 3 is 2.30 bits per heavy atom. The second kappa shape index (κ2) is 7.34. The van der Waals surface area contributed by atoms with Crippen LogP contribution >= 0.6 is 11.6 Å². The van der Waals surface area contributed by atoms with Gasteiger partial charge in [-0.15, -0.1) is 0 Å². The second-order valence-electron chi connectivity index (χ2n) is 4.71. The fourth-order valence-corrected chi connectivity index (χ4v) is 2.45. The Morgan fingerprint density at radius 2 is 1.70 bits per heavy atom. The Balaban J connectivity index is 1.99. The predicted octanol–water partition coefficient (Wildman–Crippen LogP) is 2.73. The number of halogens is 1. The molecule has 0 fully saturated rings. The van der Waals surface area contributed by atoms with Crippen molar-refractivity contribution in [3.8, 4) is 5.75 Å². The molecule has 0 saturated carbocycles. The van der Waals surface area contributed by atoms with Crippen LogP contribution in [-0.2, 0) is 14.8 Å². The number of hydrogen-bond acceptors (Lipinski definition) is 4. The first-order valence-electron chi connectivity index (χ1n) is 6.58. The Kier molecular flexibility index (Phi) is 5.46. The maximum absolute atomic E-state index is 11.9. The van der Waals surface area contributed by atoms with Crippen LogP contribution in [0.4, 0.5) is 11.4 Å². The lowest BCUT2D eigenvalue weighted by Crippen LogP contribution is -2.21. The highest BCUT2D eigenvalue weighted by atomic mass is 35.5. The highest BCUT2D eigenvalue weighted by Gasteiger charge is 2.10. The van der Waals surface area contributed by atoms with E-state index in [0.717, 1.165) is 6.26 Å². The maximum Gasteiger partial charge on any atom is 0.262 e. The van der Waals surface area contributed by atoms with Crippen molar-refractivity contribution in [1.29, 1.82) is 0 Å². The molecule has 0 spiro atoms. The molecule has 0 heterocycles. The minimum atomic E-state index is -3.44. The predicted molar refractivity (Wildman–Crippen MR) is 90.5 cm³/mol. The summed E-state index contributed by atoms with van der Waals surface area (Å²) in [6.45, 7) is -0.213. The quantitative estimate of drug-likeness (QED) is 0.835. The molecule has 0 aliphatic heterocycles. The molecule has 0 aliphatic carbocycles. The molecule has 2 aromatic rings. The van der Waals surface area contributed by atoms with Crippen LogP contribution < -0.4 is 14.8 Å². The van der Waals surface area contributed by atoms with Gasteiger partial charge in [0.2, 0.25) is 10.0 Å². The van der Waals surface area contributed by atoms with Crippen molar-refractivity contribution in [3.05, 3.63) is 53.6 Å². The number of anilines is 2. The monoisotopic (exact) mass is 354 g/mol. The molecule has 0 atom stereocenters. The second-order valence-corrected chi connectivity index (χ2v) is 6.90. The SMILES string of the molecule is CS(=O)(=O)Nc1ccccc1NC(=O)COc1ccc(Cl)cc1. The minimum Gasteiger partial charge on any atom is -0.484 e. The first-order valence-corrected chi connectivity index (χ1v) is 8.85. The van der Waals surface area contributed by atoms with Crippen LogP contribution in [0, 0.1) is 0 Å². The van der Waals surface area contributed by atoms with E-state index in [9.17, 15) is 13.2 Å². The van der Waals surface area contributed by atoms with Crippen molar-refractivity contribution in [3.63, 3.8) is 0 Å². The van der Waals surface area contributed by atoms with Gasteiger partial charge in [0.1, 0.15) is 5.75 Å². The van der Waals surface area contributed by atoms with E-state index in [-0.39, 0.29) is 12.3 Å². The maximum atomic E-state index is 11.9. The van der Waals surface area contributed by atoms with Gasteiger partial charge in [0, 0.05) is 5.02 Å². The number of nitrogens with one attached hydrogen (secondary N) is 2. The van der Waals surface area contributed by atoms with Gasteiger partial charge in [-0.25, -0.2) is 8.42 Å². The summed E-state index contributed by atoms with van der Waals surface area (Å²) < 4.78 is 30.3. The lowest BCUT2D eigenvalue weighted by molar-refractivity contribution is -0.118. The molecule has 2 rings (SSSR count). The smallest absolute Gasteiger partial charge is 0.262 e. The van der Waals surface area contributed by atoms with Gasteiger partial charge < -0.3 is 10.1 Å². The van der Waals surface area contributed by atoms with Crippen molar-refractivity contribution in [2.24, 2.45) is 0 Å². The number of carbonyl (C=O) groups is 1. The Hall–Kier alpha value is -2.25. The molecule has 8 heteroatoms. The van der Waals surface area contributed by atoms with Crippen LogP contribution in [-0.4, -0.2) is 27.2 Å². The summed E-state index contributed by atoms with van der Waals surface area (Å²) in [6.07, 6.45) is 1.04. The van der Waals surface area contributed by atoms with Crippen molar-refractivity contribution in [2.75, 3.05) is 22.9 Å². The molecule has 0 aromatic heterocycles. The number of hydrogen-bond donors (Lipinski definition) is 2. The Morgan fingerprint density at radius 1 is 1.09 bits per heavy atom. The van der Waals surface area contributed by atoms with Crippen LogP contribution in [0.1, 0.15) is 0 Å². The van der Waals surface area contributed by atoms with Gasteiger partial charge >= 0.3 is 0 Å². The third-order valence-electron chi connectivity index (χ3n) is 2.68. The fourth-order valence-electron chi connectivity index (χ4n) is 1.75. The number of benzene rings is 2. The lowest BCUT2D eigenvalue weighted by atomic mass is 10.2. The highest BCUT2D eigenvalue weighted by molar-refractivity contribution is 7.92. The fraction of sp³-hybridized carbons (Fsp3) is 0.133. The standard InChI is InChI=1S/C15H15ClN2O4S/c1-23(20,21)18-14-5-3-2-4-13(14)17-15(19)10-22-12-8-6-11(16)7-9-12/h2-9,18H,10H2,1H3,(H,17,19). The summed E-state index contributed by atoms with van der Waals surface area (Å²) in [4.78, 5) is 11.9. The Bertz CT molecular complexity index is 791. The van der Waals surface area contributed by atoms with Gasteiger partial charge in [0.25, 0.3) is 5.91 Å². The lowest BCUT2D eigenvalue weighted by Gasteiger charge is -2.12. The summed E-state index contributed by atoms with van der Waals surface area (Å²) in [5.74, 6) is 0.0924. The van der Waals surface area contributed by atoms with Gasteiger partial charge in [-0.2, -0.15) is 0 Å². The summed E-state index contributed by atoms with van der Waals surface area (Å²) in [7, 11) is -3.44. The van der Waals surface area contributed by atoms with Crippen LogP contribution in [0.25, 0.3) is 0 Å². The van der Waals surface area contributed by atoms with E-state index in [1.807, 2.05) is 0 Å². The number of rotatable bonds is 6. The molecule has 1 amide bonds. The van der Waals surface area contributed by atoms with E-state index < -0.39 is 15.9 Å². The van der Waals surface area contributed by atoms with Gasteiger partial charge in [-0.3, -0.25) is 9.52 Å². The average Bonchev–Trinajstić information content (AvgIpc) is 2.47. The first kappa shape index (κ1) is 17.1. The van der Waals surface area contributed by atoms with Crippen LogP contribution in [0.3, 0.4) is 0 Å². The molecule has 2 aromatic carbocycles. The van der Waals surface area contributed by atoms with Gasteiger partial charge in [-0.05, 0) is 36.4 Å². The van der Waals surface area contributed by atoms with Crippen LogP contribution in [0.5, 0.6) is 5.75 Å². The molecule has 0 bridgehead atoms. The highest BCUT2D eigenvalue weighted by Crippen LogP contribution is 2.22. The van der Waals surface area contributed by atoms with Gasteiger partial charge in [0.05, 0.1) is 17.6 Å². The van der Waals surface area contributed by atoms with E-state index in [0.29, 0.717) is 16.5 Å². The zero-order valence-electron chi connectivity index (χ0n) is 12.2. The number of para-hydroxylation sites is 2. The van der Waals surface area contributed by atoms with Gasteiger partial charge in [0.15, 0.2) is 6.61 Å². The molecule has 2 N–H and O–H groups in total. The van der Waals surface area contributed by atoms with Crippen molar-refractivity contribution in [1.82, 2.24) is 0 Å². The molecule has 6 nitrogen and oxygen atoms in total. The van der Waals surface area contributed by atoms with Crippen LogP contribution in [0.2, 0.25) is 5.02 Å². The van der Waals surface area contributed by atoms with E-state index >= 15 is 0 Å². The van der Waals surface area contributed by atoms with Crippen molar-refractivity contribution < 1.29 is 17.9 Å². The molecular formula is C15H15ClN2O4S. The molecule has 0 radical (unpaired) electrons. The van der Waals surface area contributed by atoms with Crippen molar-refractivity contribution in [2.45, 2.75) is 0 Å². The molecule has 23 heavy (non-hydrogen) atoms.